The highest BCUT2D eigenvalue weighted by Crippen LogP contribution is 2.28. The van der Waals surface area contributed by atoms with Crippen LogP contribution in [0.15, 0.2) is 36.4 Å². The average Bonchev–Trinajstić information content (AvgIpc) is 2.49. The van der Waals surface area contributed by atoms with E-state index < -0.39 is 11.8 Å². The smallest absolute Gasteiger partial charge is 0.337 e. The average molecular weight is 310 g/mol. The lowest BCUT2D eigenvalue weighted by Gasteiger charge is -2.10. The molecular weight excluding hydrogens is 297 g/mol. The fraction of sp³-hybridized carbons (Fsp3) is 0.133. The van der Waals surface area contributed by atoms with E-state index in [4.69, 9.17) is 22.1 Å². The number of benzene rings is 2. The maximum atomic E-state index is 13.3. The Morgan fingerprint density at radius 2 is 1.95 bits per heavy atom. The molecule has 110 valence electrons. The number of esters is 1. The number of hydrogen-bond donors (Lipinski definition) is 1. The number of anilines is 1. The molecule has 0 atom stereocenters. The normalized spacial score (nSPS) is 10.2. The molecule has 4 nitrogen and oxygen atoms in total. The van der Waals surface area contributed by atoms with Crippen LogP contribution in [0.4, 0.5) is 10.1 Å². The highest BCUT2D eigenvalue weighted by atomic mass is 35.5. The van der Waals surface area contributed by atoms with Crippen molar-refractivity contribution < 1.29 is 18.7 Å². The van der Waals surface area contributed by atoms with Gasteiger partial charge in [0.25, 0.3) is 0 Å². The zero-order chi connectivity index (χ0) is 15.4. The van der Waals surface area contributed by atoms with Gasteiger partial charge in [-0.1, -0.05) is 23.7 Å². The fourth-order valence-electron chi connectivity index (χ4n) is 1.68. The summed E-state index contributed by atoms with van der Waals surface area (Å²) in [6.45, 7) is 0.187. The molecule has 2 N–H and O–H groups in total. The second-order valence-corrected chi connectivity index (χ2v) is 4.69. The van der Waals surface area contributed by atoms with Crippen molar-refractivity contribution in [2.75, 3.05) is 12.8 Å². The number of carbonyl (C=O) groups excluding carboxylic acids is 1. The number of methoxy groups -OCH3 is 1. The number of nitrogen functional groups attached to an aromatic ring is 1. The quantitative estimate of drug-likeness (QED) is 0.694. The SMILES string of the molecule is COC(=O)c1ccc(COc2cc(F)c(Cl)cc2N)cc1. The predicted octanol–water partition coefficient (Wildman–Crippen LogP) is 3.43. The monoisotopic (exact) mass is 309 g/mol. The van der Waals surface area contributed by atoms with Crippen LogP contribution in [0.3, 0.4) is 0 Å². The molecule has 0 bridgehead atoms. The van der Waals surface area contributed by atoms with Crippen molar-refractivity contribution in [3.8, 4) is 5.75 Å². The Balaban J connectivity index is 2.06. The summed E-state index contributed by atoms with van der Waals surface area (Å²) in [6.07, 6.45) is 0. The molecule has 0 aliphatic rings. The van der Waals surface area contributed by atoms with Crippen molar-refractivity contribution in [3.05, 3.63) is 58.4 Å². The Morgan fingerprint density at radius 3 is 2.57 bits per heavy atom. The van der Waals surface area contributed by atoms with Crippen LogP contribution < -0.4 is 10.5 Å². The molecule has 2 aromatic rings. The van der Waals surface area contributed by atoms with Gasteiger partial charge in [-0.2, -0.15) is 0 Å². The van der Waals surface area contributed by atoms with Crippen LogP contribution in [0.5, 0.6) is 5.75 Å². The van der Waals surface area contributed by atoms with Gasteiger partial charge in [0.05, 0.1) is 23.4 Å². The van der Waals surface area contributed by atoms with E-state index in [1.54, 1.807) is 24.3 Å². The maximum Gasteiger partial charge on any atom is 0.337 e. The number of halogens is 2. The summed E-state index contributed by atoms with van der Waals surface area (Å²) < 4.78 is 23.4. The van der Waals surface area contributed by atoms with Crippen molar-refractivity contribution >= 4 is 23.3 Å². The number of hydrogen-bond acceptors (Lipinski definition) is 4. The van der Waals surface area contributed by atoms with Gasteiger partial charge in [-0.15, -0.1) is 0 Å². The Hall–Kier alpha value is -2.27. The second-order valence-electron chi connectivity index (χ2n) is 4.28. The van der Waals surface area contributed by atoms with Crippen LogP contribution in [0.2, 0.25) is 5.02 Å². The van der Waals surface area contributed by atoms with Crippen molar-refractivity contribution in [1.29, 1.82) is 0 Å². The standard InChI is InChI=1S/C15H13ClFNO3/c1-20-15(19)10-4-2-9(3-5-10)8-21-14-7-12(17)11(16)6-13(14)18/h2-7H,8,18H2,1H3. The first-order chi connectivity index (χ1) is 10.0. The topological polar surface area (TPSA) is 61.5 Å². The summed E-state index contributed by atoms with van der Waals surface area (Å²) in [6, 6.07) is 9.11. The molecule has 0 radical (unpaired) electrons. The number of rotatable bonds is 4. The van der Waals surface area contributed by atoms with Gasteiger partial charge in [-0.05, 0) is 23.8 Å². The first kappa shape index (κ1) is 15.1. The molecule has 0 saturated carbocycles. The molecule has 0 spiro atoms. The van der Waals surface area contributed by atoms with E-state index in [2.05, 4.69) is 4.74 Å². The summed E-state index contributed by atoms with van der Waals surface area (Å²) in [4.78, 5) is 11.3. The molecule has 0 heterocycles. The van der Waals surface area contributed by atoms with Gasteiger partial charge < -0.3 is 15.2 Å². The first-order valence-corrected chi connectivity index (χ1v) is 6.43. The summed E-state index contributed by atoms with van der Waals surface area (Å²) >= 11 is 5.61. The van der Waals surface area contributed by atoms with Crippen molar-refractivity contribution in [2.24, 2.45) is 0 Å². The first-order valence-electron chi connectivity index (χ1n) is 6.06. The van der Waals surface area contributed by atoms with Crippen LogP contribution in [0.25, 0.3) is 0 Å². The molecule has 0 aliphatic heterocycles. The Morgan fingerprint density at radius 1 is 1.29 bits per heavy atom. The van der Waals surface area contributed by atoms with Gasteiger partial charge in [-0.25, -0.2) is 9.18 Å². The van der Waals surface area contributed by atoms with E-state index in [-0.39, 0.29) is 23.1 Å². The number of ether oxygens (including phenoxy) is 2. The summed E-state index contributed by atoms with van der Waals surface area (Å²) in [7, 11) is 1.32. The van der Waals surface area contributed by atoms with E-state index in [9.17, 15) is 9.18 Å². The van der Waals surface area contributed by atoms with Crippen molar-refractivity contribution in [3.63, 3.8) is 0 Å². The van der Waals surface area contributed by atoms with E-state index in [1.807, 2.05) is 0 Å². The van der Waals surface area contributed by atoms with E-state index >= 15 is 0 Å². The third-order valence-electron chi connectivity index (χ3n) is 2.82. The third-order valence-corrected chi connectivity index (χ3v) is 3.11. The van der Waals surface area contributed by atoms with Gasteiger partial charge in [0.1, 0.15) is 18.2 Å². The lowest BCUT2D eigenvalue weighted by molar-refractivity contribution is 0.0600. The molecule has 0 unspecified atom stereocenters. The van der Waals surface area contributed by atoms with Gasteiger partial charge in [0, 0.05) is 6.07 Å². The minimum Gasteiger partial charge on any atom is -0.487 e. The van der Waals surface area contributed by atoms with E-state index in [1.165, 1.54) is 13.2 Å². The van der Waals surface area contributed by atoms with Crippen LogP contribution in [0, 0.1) is 5.82 Å². The van der Waals surface area contributed by atoms with Gasteiger partial charge in [0.15, 0.2) is 0 Å². The van der Waals surface area contributed by atoms with Gasteiger partial charge in [0.2, 0.25) is 0 Å². The molecule has 2 aromatic carbocycles. The zero-order valence-electron chi connectivity index (χ0n) is 11.2. The van der Waals surface area contributed by atoms with Crippen molar-refractivity contribution in [2.45, 2.75) is 6.61 Å². The summed E-state index contributed by atoms with van der Waals surface area (Å²) in [5, 5.41) is -0.0534. The number of carbonyl (C=O) groups is 1. The van der Waals surface area contributed by atoms with E-state index in [0.29, 0.717) is 5.56 Å². The lowest BCUT2D eigenvalue weighted by Crippen LogP contribution is -2.02. The van der Waals surface area contributed by atoms with Gasteiger partial charge in [-0.3, -0.25) is 0 Å². The fourth-order valence-corrected chi connectivity index (χ4v) is 1.86. The Kier molecular flexibility index (Phi) is 4.65. The molecule has 0 fully saturated rings. The Bertz CT molecular complexity index is 659. The Labute approximate surface area is 126 Å². The van der Waals surface area contributed by atoms with Crippen LogP contribution in [0.1, 0.15) is 15.9 Å². The molecule has 2 rings (SSSR count). The number of nitrogens with two attached hydrogens (primary N) is 1. The van der Waals surface area contributed by atoms with Crippen LogP contribution in [-0.4, -0.2) is 13.1 Å². The molecule has 0 saturated heterocycles. The molecule has 0 amide bonds. The minimum absolute atomic E-state index is 0.0534. The van der Waals surface area contributed by atoms with Gasteiger partial charge >= 0.3 is 5.97 Å². The van der Waals surface area contributed by atoms with Crippen LogP contribution >= 0.6 is 11.6 Å². The molecule has 6 heteroatoms. The maximum absolute atomic E-state index is 13.3. The summed E-state index contributed by atoms with van der Waals surface area (Å²) in [5.74, 6) is -0.790. The largest absolute Gasteiger partial charge is 0.487 e. The van der Waals surface area contributed by atoms with E-state index in [0.717, 1.165) is 11.6 Å². The lowest BCUT2D eigenvalue weighted by atomic mass is 10.1. The highest BCUT2D eigenvalue weighted by Gasteiger charge is 2.08. The zero-order valence-corrected chi connectivity index (χ0v) is 12.0. The third kappa shape index (κ3) is 3.64. The molecular formula is C15H13ClFNO3. The van der Waals surface area contributed by atoms with Crippen molar-refractivity contribution in [1.82, 2.24) is 0 Å². The predicted molar refractivity (Wildman–Crippen MR) is 77.9 cm³/mol. The van der Waals surface area contributed by atoms with Crippen LogP contribution in [-0.2, 0) is 11.3 Å². The molecule has 0 aromatic heterocycles. The minimum atomic E-state index is -0.595. The molecule has 0 aliphatic carbocycles. The highest BCUT2D eigenvalue weighted by molar-refractivity contribution is 6.31. The molecule has 21 heavy (non-hydrogen) atoms. The second kappa shape index (κ2) is 6.45. The summed E-state index contributed by atoms with van der Waals surface area (Å²) in [5.41, 5.74) is 7.20.